The molecule has 0 aromatic heterocycles. The van der Waals surface area contributed by atoms with Gasteiger partial charge in [0, 0.05) is 13.7 Å². The van der Waals surface area contributed by atoms with Crippen LogP contribution >= 0.6 is 0 Å². The molecular formula is C13H18N2O2. The molecule has 0 aliphatic carbocycles. The van der Waals surface area contributed by atoms with E-state index in [2.05, 4.69) is 5.32 Å². The summed E-state index contributed by atoms with van der Waals surface area (Å²) in [5, 5.41) is 3.23. The van der Waals surface area contributed by atoms with Crippen molar-refractivity contribution in [3.63, 3.8) is 0 Å². The van der Waals surface area contributed by atoms with Crippen molar-refractivity contribution in [3.05, 3.63) is 35.9 Å². The molecule has 92 valence electrons. The molecule has 1 heterocycles. The molecule has 1 amide bonds. The predicted octanol–water partition coefficient (Wildman–Crippen LogP) is 0.633. The highest BCUT2D eigenvalue weighted by atomic mass is 16.5. The van der Waals surface area contributed by atoms with E-state index in [4.69, 9.17) is 4.74 Å². The summed E-state index contributed by atoms with van der Waals surface area (Å²) in [7, 11) is 1.65. The van der Waals surface area contributed by atoms with E-state index in [0.717, 1.165) is 6.42 Å². The molecule has 0 radical (unpaired) electrons. The van der Waals surface area contributed by atoms with Crippen molar-refractivity contribution in [1.82, 2.24) is 10.2 Å². The first kappa shape index (κ1) is 12.1. The van der Waals surface area contributed by atoms with Crippen LogP contribution in [0.3, 0.4) is 0 Å². The van der Waals surface area contributed by atoms with Crippen molar-refractivity contribution in [3.8, 4) is 0 Å². The molecular weight excluding hydrogens is 216 g/mol. The molecule has 4 nitrogen and oxygen atoms in total. The van der Waals surface area contributed by atoms with Crippen LogP contribution in [0.15, 0.2) is 30.3 Å². The SMILES string of the molecule is COCCN1CNC(Cc2ccccc2)C1=O. The Morgan fingerprint density at radius 3 is 2.88 bits per heavy atom. The molecule has 1 atom stereocenters. The first-order valence-electron chi connectivity index (χ1n) is 5.86. The Bertz CT molecular complexity index is 367. The molecule has 1 fully saturated rings. The normalized spacial score (nSPS) is 19.9. The average Bonchev–Trinajstić information content (AvgIpc) is 2.70. The average molecular weight is 234 g/mol. The van der Waals surface area contributed by atoms with Crippen LogP contribution in [0.5, 0.6) is 0 Å². The highest BCUT2D eigenvalue weighted by molar-refractivity contribution is 5.84. The van der Waals surface area contributed by atoms with Crippen molar-refractivity contribution < 1.29 is 9.53 Å². The van der Waals surface area contributed by atoms with Crippen molar-refractivity contribution in [2.45, 2.75) is 12.5 Å². The molecule has 1 aliphatic heterocycles. The van der Waals surface area contributed by atoms with Crippen molar-refractivity contribution >= 4 is 5.91 Å². The van der Waals surface area contributed by atoms with Crippen LogP contribution in [0.2, 0.25) is 0 Å². The molecule has 0 spiro atoms. The number of nitrogens with zero attached hydrogens (tertiary/aromatic N) is 1. The molecule has 0 bridgehead atoms. The molecule has 1 N–H and O–H groups in total. The van der Waals surface area contributed by atoms with E-state index < -0.39 is 0 Å². The van der Waals surface area contributed by atoms with Crippen molar-refractivity contribution in [1.29, 1.82) is 0 Å². The van der Waals surface area contributed by atoms with Gasteiger partial charge in [-0.25, -0.2) is 0 Å². The smallest absolute Gasteiger partial charge is 0.241 e. The third kappa shape index (κ3) is 3.05. The minimum Gasteiger partial charge on any atom is -0.383 e. The minimum atomic E-state index is -0.0887. The summed E-state index contributed by atoms with van der Waals surface area (Å²) in [5.74, 6) is 0.172. The van der Waals surface area contributed by atoms with Crippen LogP contribution in [0.4, 0.5) is 0 Å². The first-order valence-corrected chi connectivity index (χ1v) is 5.86. The highest BCUT2D eigenvalue weighted by Gasteiger charge is 2.30. The fourth-order valence-corrected chi connectivity index (χ4v) is 2.01. The maximum absolute atomic E-state index is 12.0. The number of nitrogens with one attached hydrogen (secondary N) is 1. The Kier molecular flexibility index (Phi) is 4.12. The van der Waals surface area contributed by atoms with Gasteiger partial charge in [-0.15, -0.1) is 0 Å². The van der Waals surface area contributed by atoms with Crippen LogP contribution in [0, 0.1) is 0 Å². The summed E-state index contributed by atoms with van der Waals surface area (Å²) < 4.78 is 4.98. The minimum absolute atomic E-state index is 0.0887. The van der Waals surface area contributed by atoms with Gasteiger partial charge in [0.15, 0.2) is 0 Å². The maximum Gasteiger partial charge on any atom is 0.241 e. The highest BCUT2D eigenvalue weighted by Crippen LogP contribution is 2.10. The Hall–Kier alpha value is -1.39. The first-order chi connectivity index (χ1) is 8.31. The fourth-order valence-electron chi connectivity index (χ4n) is 2.01. The van der Waals surface area contributed by atoms with Gasteiger partial charge in [0.2, 0.25) is 5.91 Å². The predicted molar refractivity (Wildman–Crippen MR) is 65.5 cm³/mol. The van der Waals surface area contributed by atoms with Gasteiger partial charge in [-0.05, 0) is 12.0 Å². The molecule has 17 heavy (non-hydrogen) atoms. The van der Waals surface area contributed by atoms with Gasteiger partial charge in [0.25, 0.3) is 0 Å². The lowest BCUT2D eigenvalue weighted by atomic mass is 10.1. The van der Waals surface area contributed by atoms with E-state index in [1.165, 1.54) is 5.56 Å². The Morgan fingerprint density at radius 1 is 1.41 bits per heavy atom. The third-order valence-corrected chi connectivity index (χ3v) is 2.99. The summed E-state index contributed by atoms with van der Waals surface area (Å²) >= 11 is 0. The molecule has 1 aromatic carbocycles. The van der Waals surface area contributed by atoms with Crippen molar-refractivity contribution in [2.24, 2.45) is 0 Å². The van der Waals surface area contributed by atoms with Crippen LogP contribution < -0.4 is 5.32 Å². The summed E-state index contributed by atoms with van der Waals surface area (Å²) in [5.41, 5.74) is 1.19. The Balaban J connectivity index is 1.89. The van der Waals surface area contributed by atoms with Gasteiger partial charge in [-0.2, -0.15) is 0 Å². The number of hydrogen-bond acceptors (Lipinski definition) is 3. The Morgan fingerprint density at radius 2 is 2.18 bits per heavy atom. The van der Waals surface area contributed by atoms with Crippen LogP contribution in [-0.2, 0) is 16.0 Å². The second-order valence-electron chi connectivity index (χ2n) is 4.20. The van der Waals surface area contributed by atoms with Gasteiger partial charge in [-0.3, -0.25) is 10.1 Å². The molecule has 4 heteroatoms. The van der Waals surface area contributed by atoms with Gasteiger partial charge in [0.1, 0.15) is 0 Å². The van der Waals surface area contributed by atoms with Gasteiger partial charge < -0.3 is 9.64 Å². The summed E-state index contributed by atoms with van der Waals surface area (Å²) in [6.45, 7) is 1.87. The Labute approximate surface area is 102 Å². The number of ether oxygens (including phenoxy) is 1. The van der Waals surface area contributed by atoms with Gasteiger partial charge in [0.05, 0.1) is 19.3 Å². The van der Waals surface area contributed by atoms with Crippen LogP contribution in [-0.4, -0.2) is 43.8 Å². The zero-order valence-corrected chi connectivity index (χ0v) is 10.1. The standard InChI is InChI=1S/C13H18N2O2/c1-17-8-7-15-10-14-12(13(15)16)9-11-5-3-2-4-6-11/h2-6,12,14H,7-10H2,1H3. The monoisotopic (exact) mass is 234 g/mol. The number of carbonyl (C=O) groups is 1. The van der Waals surface area contributed by atoms with E-state index in [9.17, 15) is 4.79 Å². The zero-order chi connectivity index (χ0) is 12.1. The quantitative estimate of drug-likeness (QED) is 0.812. The van der Waals surface area contributed by atoms with E-state index in [1.54, 1.807) is 12.0 Å². The summed E-state index contributed by atoms with van der Waals surface area (Å²) in [4.78, 5) is 13.8. The molecule has 1 aliphatic rings. The zero-order valence-electron chi connectivity index (χ0n) is 10.1. The molecule has 1 unspecified atom stereocenters. The largest absolute Gasteiger partial charge is 0.383 e. The second-order valence-corrected chi connectivity index (χ2v) is 4.20. The number of amides is 1. The van der Waals surface area contributed by atoms with Gasteiger partial charge >= 0.3 is 0 Å². The fraction of sp³-hybridized carbons (Fsp3) is 0.462. The molecule has 2 rings (SSSR count). The lowest BCUT2D eigenvalue weighted by Gasteiger charge is -2.14. The number of benzene rings is 1. The number of carbonyl (C=O) groups excluding carboxylic acids is 1. The second kappa shape index (κ2) is 5.80. The molecule has 1 saturated heterocycles. The van der Waals surface area contributed by atoms with Crippen molar-refractivity contribution in [2.75, 3.05) is 26.9 Å². The lowest BCUT2D eigenvalue weighted by Crippen LogP contribution is -2.33. The topological polar surface area (TPSA) is 41.6 Å². The van der Waals surface area contributed by atoms with Crippen LogP contribution in [0.1, 0.15) is 5.56 Å². The maximum atomic E-state index is 12.0. The molecule has 0 saturated carbocycles. The summed E-state index contributed by atoms with van der Waals surface area (Å²) in [6, 6.07) is 9.99. The number of hydrogen-bond donors (Lipinski definition) is 1. The van der Waals surface area contributed by atoms with Gasteiger partial charge in [-0.1, -0.05) is 30.3 Å². The van der Waals surface area contributed by atoms with E-state index in [0.29, 0.717) is 19.8 Å². The lowest BCUT2D eigenvalue weighted by molar-refractivity contribution is -0.129. The number of rotatable bonds is 5. The number of methoxy groups -OCH3 is 1. The van der Waals surface area contributed by atoms with E-state index >= 15 is 0 Å². The van der Waals surface area contributed by atoms with Crippen LogP contribution in [0.25, 0.3) is 0 Å². The van der Waals surface area contributed by atoms with E-state index in [-0.39, 0.29) is 11.9 Å². The summed E-state index contributed by atoms with van der Waals surface area (Å²) in [6.07, 6.45) is 0.753. The molecule has 1 aromatic rings. The van der Waals surface area contributed by atoms with E-state index in [1.807, 2.05) is 30.3 Å². The third-order valence-electron chi connectivity index (χ3n) is 2.99.